The molecule has 0 aliphatic rings. The molecule has 0 bridgehead atoms. The molecule has 4 aromatic rings. The van der Waals surface area contributed by atoms with Crippen LogP contribution in [0.4, 0.5) is 0 Å². The van der Waals surface area contributed by atoms with E-state index in [1.807, 2.05) is 49.4 Å². The number of allylic oxidation sites excluding steroid dienone is 1. The third kappa shape index (κ3) is 5.69. The number of nitrogens with zero attached hydrogens (tertiary/aromatic N) is 3. The second-order valence-corrected chi connectivity index (χ2v) is 9.32. The van der Waals surface area contributed by atoms with Crippen LogP contribution in [0.3, 0.4) is 0 Å². The standard InChI is InChI=1S/C28H25BrClN3O3/c1-4-8-20-13-19(14-26(35-5-2)27(20)36-17-21-9-6-7-10-24(21)30)16-31-33-18(3)32-25-12-11-22(29)15-23(25)28(33)34/h4,6-7,9-16H,1,5,8,17H2,2-3H3. The Balaban J connectivity index is 1.72. The van der Waals surface area contributed by atoms with Crippen LogP contribution in [0, 0.1) is 6.92 Å². The fourth-order valence-electron chi connectivity index (χ4n) is 3.78. The van der Waals surface area contributed by atoms with Crippen molar-refractivity contribution < 1.29 is 9.47 Å². The highest BCUT2D eigenvalue weighted by molar-refractivity contribution is 9.10. The Hall–Kier alpha value is -3.42. The molecule has 0 N–H and O–H groups in total. The highest BCUT2D eigenvalue weighted by Crippen LogP contribution is 2.35. The maximum atomic E-state index is 13.1. The summed E-state index contributed by atoms with van der Waals surface area (Å²) in [7, 11) is 0. The molecule has 0 aliphatic heterocycles. The van der Waals surface area contributed by atoms with Crippen LogP contribution in [-0.2, 0) is 13.0 Å². The van der Waals surface area contributed by atoms with Gasteiger partial charge in [0.05, 0.1) is 23.7 Å². The lowest BCUT2D eigenvalue weighted by Gasteiger charge is -2.17. The molecular formula is C28H25BrClN3O3. The summed E-state index contributed by atoms with van der Waals surface area (Å²) in [6.07, 6.45) is 3.98. The number of ether oxygens (including phenoxy) is 2. The minimum absolute atomic E-state index is 0.244. The van der Waals surface area contributed by atoms with Gasteiger partial charge in [-0.3, -0.25) is 4.79 Å². The molecule has 0 atom stereocenters. The Kier molecular flexibility index (Phi) is 8.23. The van der Waals surface area contributed by atoms with Gasteiger partial charge in [0.15, 0.2) is 11.5 Å². The van der Waals surface area contributed by atoms with Crippen LogP contribution in [0.25, 0.3) is 10.9 Å². The molecule has 0 saturated carbocycles. The second-order valence-electron chi connectivity index (χ2n) is 8.00. The molecule has 0 aliphatic carbocycles. The molecule has 0 saturated heterocycles. The first kappa shape index (κ1) is 25.7. The van der Waals surface area contributed by atoms with Crippen LogP contribution in [0.2, 0.25) is 5.02 Å². The van der Waals surface area contributed by atoms with Gasteiger partial charge in [0.25, 0.3) is 5.56 Å². The topological polar surface area (TPSA) is 65.7 Å². The lowest BCUT2D eigenvalue weighted by Crippen LogP contribution is -2.20. The molecule has 3 aromatic carbocycles. The predicted molar refractivity (Wildman–Crippen MR) is 149 cm³/mol. The number of hydrogen-bond acceptors (Lipinski definition) is 5. The summed E-state index contributed by atoms with van der Waals surface area (Å²) < 4.78 is 14.2. The maximum absolute atomic E-state index is 13.1. The van der Waals surface area contributed by atoms with Gasteiger partial charge in [-0.05, 0) is 62.2 Å². The summed E-state index contributed by atoms with van der Waals surface area (Å²) in [6, 6.07) is 16.7. The first-order chi connectivity index (χ1) is 17.4. The van der Waals surface area contributed by atoms with Crippen LogP contribution < -0.4 is 15.0 Å². The van der Waals surface area contributed by atoms with Crippen molar-refractivity contribution >= 4 is 44.6 Å². The molecule has 1 heterocycles. The number of hydrogen-bond donors (Lipinski definition) is 0. The molecule has 8 heteroatoms. The van der Waals surface area contributed by atoms with Crippen LogP contribution in [0.1, 0.15) is 29.4 Å². The van der Waals surface area contributed by atoms with E-state index < -0.39 is 0 Å². The second kappa shape index (κ2) is 11.5. The van der Waals surface area contributed by atoms with Gasteiger partial charge in [0, 0.05) is 20.6 Å². The normalized spacial score (nSPS) is 11.2. The molecule has 1 aromatic heterocycles. The average Bonchev–Trinajstić information content (AvgIpc) is 2.85. The van der Waals surface area contributed by atoms with E-state index in [1.54, 1.807) is 31.3 Å². The van der Waals surface area contributed by atoms with Crippen molar-refractivity contribution in [2.75, 3.05) is 6.61 Å². The highest BCUT2D eigenvalue weighted by Gasteiger charge is 2.14. The molecule has 0 fully saturated rings. The lowest BCUT2D eigenvalue weighted by molar-refractivity contribution is 0.267. The smallest absolute Gasteiger partial charge is 0.282 e. The van der Waals surface area contributed by atoms with E-state index in [9.17, 15) is 4.79 Å². The van der Waals surface area contributed by atoms with E-state index in [2.05, 4.69) is 32.6 Å². The number of aromatic nitrogens is 2. The van der Waals surface area contributed by atoms with Gasteiger partial charge in [0.2, 0.25) is 0 Å². The van der Waals surface area contributed by atoms with Crippen molar-refractivity contribution in [1.82, 2.24) is 9.66 Å². The first-order valence-corrected chi connectivity index (χ1v) is 12.6. The summed E-state index contributed by atoms with van der Waals surface area (Å²) in [6.45, 7) is 8.29. The molecule has 0 unspecified atom stereocenters. The number of fused-ring (bicyclic) bond motifs is 1. The molecule has 184 valence electrons. The van der Waals surface area contributed by atoms with Crippen molar-refractivity contribution in [1.29, 1.82) is 0 Å². The fourth-order valence-corrected chi connectivity index (χ4v) is 4.33. The van der Waals surface area contributed by atoms with Gasteiger partial charge in [-0.25, -0.2) is 4.98 Å². The molecule has 4 rings (SSSR count). The van der Waals surface area contributed by atoms with E-state index >= 15 is 0 Å². The molecule has 6 nitrogen and oxygen atoms in total. The Morgan fingerprint density at radius 2 is 1.94 bits per heavy atom. The molecular weight excluding hydrogens is 542 g/mol. The zero-order valence-corrected chi connectivity index (χ0v) is 22.3. The summed E-state index contributed by atoms with van der Waals surface area (Å²) in [4.78, 5) is 17.6. The average molecular weight is 567 g/mol. The monoisotopic (exact) mass is 565 g/mol. The van der Waals surface area contributed by atoms with Gasteiger partial charge >= 0.3 is 0 Å². The van der Waals surface area contributed by atoms with Gasteiger partial charge < -0.3 is 9.47 Å². The van der Waals surface area contributed by atoms with Gasteiger partial charge in [-0.1, -0.05) is 51.8 Å². The van der Waals surface area contributed by atoms with Gasteiger partial charge in [0.1, 0.15) is 12.4 Å². The third-order valence-corrected chi connectivity index (χ3v) is 6.30. The molecule has 36 heavy (non-hydrogen) atoms. The number of halogens is 2. The van der Waals surface area contributed by atoms with Crippen molar-refractivity contribution in [3.63, 3.8) is 0 Å². The largest absolute Gasteiger partial charge is 0.490 e. The first-order valence-electron chi connectivity index (χ1n) is 11.4. The van der Waals surface area contributed by atoms with Crippen LogP contribution in [0.5, 0.6) is 11.5 Å². The van der Waals surface area contributed by atoms with Crippen molar-refractivity contribution in [3.05, 3.63) is 110 Å². The van der Waals surface area contributed by atoms with Crippen molar-refractivity contribution in [2.24, 2.45) is 5.10 Å². The van der Waals surface area contributed by atoms with Crippen LogP contribution in [0.15, 0.2) is 81.6 Å². The minimum atomic E-state index is -0.244. The summed E-state index contributed by atoms with van der Waals surface area (Å²) >= 11 is 9.72. The van der Waals surface area contributed by atoms with Crippen LogP contribution in [-0.4, -0.2) is 22.5 Å². The fraction of sp³-hybridized carbons (Fsp3) is 0.179. The van der Waals surface area contributed by atoms with Crippen LogP contribution >= 0.6 is 27.5 Å². The predicted octanol–water partition coefficient (Wildman–Crippen LogP) is 6.71. The molecule has 0 radical (unpaired) electrons. The lowest BCUT2D eigenvalue weighted by atomic mass is 10.1. The number of benzene rings is 3. The minimum Gasteiger partial charge on any atom is -0.490 e. The highest BCUT2D eigenvalue weighted by atomic mass is 79.9. The van der Waals surface area contributed by atoms with E-state index in [0.717, 1.165) is 21.2 Å². The SMILES string of the molecule is C=CCc1cc(C=Nn2c(C)nc3ccc(Br)cc3c2=O)cc(OCC)c1OCc1ccccc1Cl. The quantitative estimate of drug-likeness (QED) is 0.167. The molecule has 0 amide bonds. The molecule has 0 spiro atoms. The maximum Gasteiger partial charge on any atom is 0.282 e. The van der Waals surface area contributed by atoms with Gasteiger partial charge in [-0.15, -0.1) is 6.58 Å². The summed E-state index contributed by atoms with van der Waals surface area (Å²) in [5.74, 6) is 1.69. The Morgan fingerprint density at radius 3 is 2.69 bits per heavy atom. The Bertz CT molecular complexity index is 1510. The summed E-state index contributed by atoms with van der Waals surface area (Å²) in [5.41, 5.74) is 2.89. The number of rotatable bonds is 9. The Morgan fingerprint density at radius 1 is 1.14 bits per heavy atom. The van der Waals surface area contributed by atoms with Crippen molar-refractivity contribution in [2.45, 2.75) is 26.9 Å². The summed E-state index contributed by atoms with van der Waals surface area (Å²) in [5, 5.41) is 5.58. The number of aryl methyl sites for hydroxylation is 1. The van der Waals surface area contributed by atoms with E-state index in [0.29, 0.717) is 52.9 Å². The van der Waals surface area contributed by atoms with Crippen molar-refractivity contribution in [3.8, 4) is 11.5 Å². The van der Waals surface area contributed by atoms with E-state index in [1.165, 1.54) is 4.68 Å². The Labute approximate surface area is 223 Å². The van der Waals surface area contributed by atoms with Gasteiger partial charge in [-0.2, -0.15) is 9.78 Å². The third-order valence-electron chi connectivity index (χ3n) is 5.44. The van der Waals surface area contributed by atoms with E-state index in [4.69, 9.17) is 21.1 Å². The zero-order chi connectivity index (χ0) is 25.7. The van der Waals surface area contributed by atoms with E-state index in [-0.39, 0.29) is 5.56 Å². The zero-order valence-electron chi connectivity index (χ0n) is 20.0.